The predicted molar refractivity (Wildman–Crippen MR) is 83.0 cm³/mol. The van der Waals surface area contributed by atoms with Gasteiger partial charge in [0.15, 0.2) is 0 Å². The van der Waals surface area contributed by atoms with Gasteiger partial charge < -0.3 is 10.6 Å². The van der Waals surface area contributed by atoms with Gasteiger partial charge in [0.25, 0.3) is 11.6 Å². The van der Waals surface area contributed by atoms with E-state index in [4.69, 9.17) is 0 Å². The molecule has 0 aliphatic rings. The van der Waals surface area contributed by atoms with Gasteiger partial charge in [0, 0.05) is 24.0 Å². The van der Waals surface area contributed by atoms with Gasteiger partial charge in [-0.15, -0.1) is 11.3 Å². The van der Waals surface area contributed by atoms with E-state index in [1.165, 1.54) is 17.4 Å². The van der Waals surface area contributed by atoms with Crippen molar-refractivity contribution < 1.29 is 9.72 Å². The molecule has 0 unspecified atom stereocenters. The van der Waals surface area contributed by atoms with Crippen LogP contribution in [0.2, 0.25) is 0 Å². The molecule has 0 atom stereocenters. The molecule has 0 fully saturated rings. The second-order valence-corrected chi connectivity index (χ2v) is 5.66. The van der Waals surface area contributed by atoms with Crippen LogP contribution in [0.25, 0.3) is 0 Å². The van der Waals surface area contributed by atoms with Gasteiger partial charge >= 0.3 is 0 Å². The summed E-state index contributed by atoms with van der Waals surface area (Å²) < 4.78 is 0. The number of nitrogens with zero attached hydrogens (tertiary/aromatic N) is 1. The van der Waals surface area contributed by atoms with Gasteiger partial charge in [-0.05, 0) is 25.1 Å². The Bertz CT molecular complexity index is 654. The second kappa shape index (κ2) is 6.85. The van der Waals surface area contributed by atoms with Crippen LogP contribution in [0.1, 0.15) is 14.5 Å². The molecule has 21 heavy (non-hydrogen) atoms. The molecule has 7 heteroatoms. The van der Waals surface area contributed by atoms with Crippen molar-refractivity contribution in [3.05, 3.63) is 56.3 Å². The number of nitro groups is 1. The molecule has 0 bridgehead atoms. The Kier molecular flexibility index (Phi) is 4.89. The highest BCUT2D eigenvalue weighted by Crippen LogP contribution is 2.22. The third-order valence-electron chi connectivity index (χ3n) is 2.79. The van der Waals surface area contributed by atoms with Crippen LogP contribution in [-0.4, -0.2) is 23.9 Å². The van der Waals surface area contributed by atoms with Gasteiger partial charge in [0.1, 0.15) is 5.69 Å². The Hall–Kier alpha value is -2.41. The minimum absolute atomic E-state index is 0.0257. The Morgan fingerprint density at radius 1 is 1.24 bits per heavy atom. The first-order chi connectivity index (χ1) is 10.1. The van der Waals surface area contributed by atoms with Crippen LogP contribution in [0.3, 0.4) is 0 Å². The average molecular weight is 305 g/mol. The summed E-state index contributed by atoms with van der Waals surface area (Å²) in [6.45, 7) is 2.75. The Morgan fingerprint density at radius 3 is 2.67 bits per heavy atom. The van der Waals surface area contributed by atoms with Gasteiger partial charge in [-0.25, -0.2) is 0 Å². The fourth-order valence-corrected chi connectivity index (χ4v) is 2.58. The van der Waals surface area contributed by atoms with E-state index in [0.29, 0.717) is 23.7 Å². The minimum atomic E-state index is -0.435. The van der Waals surface area contributed by atoms with E-state index in [1.54, 1.807) is 24.3 Å². The van der Waals surface area contributed by atoms with Crippen LogP contribution >= 0.6 is 11.3 Å². The predicted octanol–water partition coefficient (Wildman–Crippen LogP) is 2.81. The third kappa shape index (κ3) is 4.03. The number of thiophene rings is 1. The maximum atomic E-state index is 11.8. The fraction of sp³-hybridized carbons (Fsp3) is 0.214. The molecule has 2 N–H and O–H groups in total. The van der Waals surface area contributed by atoms with Crippen LogP contribution in [0, 0.1) is 17.0 Å². The molecule has 1 amide bonds. The van der Waals surface area contributed by atoms with Crippen molar-refractivity contribution in [3.63, 3.8) is 0 Å². The van der Waals surface area contributed by atoms with Crippen LogP contribution in [-0.2, 0) is 0 Å². The lowest BCUT2D eigenvalue weighted by Crippen LogP contribution is -2.28. The molecule has 6 nitrogen and oxygen atoms in total. The maximum absolute atomic E-state index is 11.8. The summed E-state index contributed by atoms with van der Waals surface area (Å²) in [5.41, 5.74) is 0.474. The molecule has 0 aliphatic carbocycles. The number of benzene rings is 1. The van der Waals surface area contributed by atoms with Gasteiger partial charge in [0.05, 0.1) is 9.80 Å². The lowest BCUT2D eigenvalue weighted by Gasteiger charge is -2.07. The molecular weight excluding hydrogens is 290 g/mol. The van der Waals surface area contributed by atoms with E-state index in [2.05, 4.69) is 10.6 Å². The molecule has 0 saturated carbocycles. The number of hydrogen-bond donors (Lipinski definition) is 2. The smallest absolute Gasteiger partial charge is 0.292 e. The quantitative estimate of drug-likeness (QED) is 0.488. The number of aryl methyl sites for hydroxylation is 1. The summed E-state index contributed by atoms with van der Waals surface area (Å²) in [4.78, 5) is 24.0. The topological polar surface area (TPSA) is 84.3 Å². The molecule has 1 aromatic heterocycles. The van der Waals surface area contributed by atoms with E-state index in [-0.39, 0.29) is 11.6 Å². The number of carbonyl (C=O) groups excluding carboxylic acids is 1. The van der Waals surface area contributed by atoms with E-state index < -0.39 is 4.92 Å². The first-order valence-electron chi connectivity index (χ1n) is 6.40. The van der Waals surface area contributed by atoms with Crippen molar-refractivity contribution >= 4 is 28.6 Å². The zero-order chi connectivity index (χ0) is 15.2. The van der Waals surface area contributed by atoms with E-state index in [0.717, 1.165) is 4.88 Å². The molecule has 0 aliphatic heterocycles. The highest BCUT2D eigenvalue weighted by atomic mass is 32.1. The van der Waals surface area contributed by atoms with Crippen LogP contribution in [0.4, 0.5) is 11.4 Å². The summed E-state index contributed by atoms with van der Waals surface area (Å²) in [6.07, 6.45) is 0. The third-order valence-corrected chi connectivity index (χ3v) is 3.79. The second-order valence-electron chi connectivity index (χ2n) is 4.37. The standard InChI is InChI=1S/C14H15N3O3S/c1-10-6-7-13(21-10)14(18)16-9-8-15-11-4-2-3-5-12(11)17(19)20/h2-7,15H,8-9H2,1H3,(H,16,18). The van der Waals surface area contributed by atoms with Crippen LogP contribution < -0.4 is 10.6 Å². The van der Waals surface area contributed by atoms with Crippen molar-refractivity contribution in [1.82, 2.24) is 5.32 Å². The number of rotatable bonds is 6. The number of anilines is 1. The highest BCUT2D eigenvalue weighted by molar-refractivity contribution is 7.13. The van der Waals surface area contributed by atoms with Crippen molar-refractivity contribution in [3.8, 4) is 0 Å². The first-order valence-corrected chi connectivity index (χ1v) is 7.21. The zero-order valence-corrected chi connectivity index (χ0v) is 12.3. The molecular formula is C14H15N3O3S. The average Bonchev–Trinajstić information content (AvgIpc) is 2.90. The number of para-hydroxylation sites is 2. The molecule has 0 radical (unpaired) electrons. The Morgan fingerprint density at radius 2 is 2.00 bits per heavy atom. The van der Waals surface area contributed by atoms with Gasteiger partial charge in [0.2, 0.25) is 0 Å². The van der Waals surface area contributed by atoms with Crippen molar-refractivity contribution in [1.29, 1.82) is 0 Å². The monoisotopic (exact) mass is 305 g/mol. The van der Waals surface area contributed by atoms with Crippen molar-refractivity contribution in [2.45, 2.75) is 6.92 Å². The van der Waals surface area contributed by atoms with Crippen LogP contribution in [0.5, 0.6) is 0 Å². The lowest BCUT2D eigenvalue weighted by atomic mass is 10.2. The normalized spacial score (nSPS) is 10.1. The lowest BCUT2D eigenvalue weighted by molar-refractivity contribution is -0.384. The van der Waals surface area contributed by atoms with E-state index in [1.807, 2.05) is 13.0 Å². The van der Waals surface area contributed by atoms with E-state index in [9.17, 15) is 14.9 Å². The maximum Gasteiger partial charge on any atom is 0.292 e. The molecule has 0 spiro atoms. The van der Waals surface area contributed by atoms with Crippen LogP contribution in [0.15, 0.2) is 36.4 Å². The summed E-state index contributed by atoms with van der Waals surface area (Å²) in [5, 5.41) is 16.6. The van der Waals surface area contributed by atoms with Crippen molar-refractivity contribution in [2.24, 2.45) is 0 Å². The van der Waals surface area contributed by atoms with Gasteiger partial charge in [-0.2, -0.15) is 0 Å². The van der Waals surface area contributed by atoms with E-state index >= 15 is 0 Å². The largest absolute Gasteiger partial charge is 0.378 e. The summed E-state index contributed by atoms with van der Waals surface area (Å²) in [6, 6.07) is 10.1. The Labute approximate surface area is 126 Å². The van der Waals surface area contributed by atoms with Gasteiger partial charge in [-0.3, -0.25) is 14.9 Å². The SMILES string of the molecule is Cc1ccc(C(=O)NCCNc2ccccc2[N+](=O)[O-])s1. The first kappa shape index (κ1) is 15.0. The number of nitrogens with one attached hydrogen (secondary N) is 2. The molecule has 2 aromatic rings. The summed E-state index contributed by atoms with van der Waals surface area (Å²) in [7, 11) is 0. The zero-order valence-electron chi connectivity index (χ0n) is 11.5. The number of carbonyl (C=O) groups is 1. The highest BCUT2D eigenvalue weighted by Gasteiger charge is 2.11. The number of hydrogen-bond acceptors (Lipinski definition) is 5. The minimum Gasteiger partial charge on any atom is -0.378 e. The summed E-state index contributed by atoms with van der Waals surface area (Å²) in [5.74, 6) is -0.127. The summed E-state index contributed by atoms with van der Waals surface area (Å²) >= 11 is 1.43. The van der Waals surface area contributed by atoms with Gasteiger partial charge in [-0.1, -0.05) is 12.1 Å². The molecule has 0 saturated heterocycles. The molecule has 1 aromatic carbocycles. The Balaban J connectivity index is 1.83. The molecule has 2 rings (SSSR count). The number of nitro benzene ring substituents is 1. The molecule has 1 heterocycles. The molecule has 110 valence electrons. The fourth-order valence-electron chi connectivity index (χ4n) is 1.80. The number of amides is 1. The van der Waals surface area contributed by atoms with Crippen molar-refractivity contribution in [2.75, 3.05) is 18.4 Å².